The molecule has 0 atom stereocenters. The van der Waals surface area contributed by atoms with Crippen molar-refractivity contribution in [2.75, 3.05) is 0 Å². The zero-order valence-corrected chi connectivity index (χ0v) is 17.6. The largest absolute Gasteiger partial charge is 0.444 e. The molecule has 1 aliphatic rings. The van der Waals surface area contributed by atoms with Crippen molar-refractivity contribution in [3.63, 3.8) is 0 Å². The first-order valence-electron chi connectivity index (χ1n) is 10.2. The number of amides is 2. The van der Waals surface area contributed by atoms with E-state index in [4.69, 9.17) is 4.74 Å². The molecule has 7 heteroatoms. The van der Waals surface area contributed by atoms with Gasteiger partial charge in [0.2, 0.25) is 0 Å². The molecule has 2 aromatic rings. The summed E-state index contributed by atoms with van der Waals surface area (Å²) in [5.41, 5.74) is 1.22. The number of hydrogen-bond acceptors (Lipinski definition) is 4. The molecular formula is C23H28FN3O3. The van der Waals surface area contributed by atoms with Crippen LogP contribution in [0.4, 0.5) is 9.18 Å². The van der Waals surface area contributed by atoms with Crippen LogP contribution in [0.3, 0.4) is 0 Å². The van der Waals surface area contributed by atoms with Crippen molar-refractivity contribution in [1.82, 2.24) is 15.6 Å². The molecule has 1 aromatic heterocycles. The molecule has 2 amide bonds. The molecule has 30 heavy (non-hydrogen) atoms. The van der Waals surface area contributed by atoms with E-state index < -0.39 is 11.7 Å². The van der Waals surface area contributed by atoms with Crippen LogP contribution in [0.5, 0.6) is 0 Å². The second kappa shape index (κ2) is 9.24. The zero-order chi connectivity index (χ0) is 21.7. The number of aromatic nitrogens is 1. The maximum Gasteiger partial charge on any atom is 0.407 e. The van der Waals surface area contributed by atoms with E-state index in [1.165, 1.54) is 18.3 Å². The number of carbonyl (C=O) groups excluding carboxylic acids is 2. The monoisotopic (exact) mass is 413 g/mol. The molecule has 6 nitrogen and oxygen atoms in total. The highest BCUT2D eigenvalue weighted by Crippen LogP contribution is 2.21. The highest BCUT2D eigenvalue weighted by atomic mass is 19.1. The average Bonchev–Trinajstić information content (AvgIpc) is 2.68. The molecule has 0 radical (unpaired) electrons. The lowest BCUT2D eigenvalue weighted by Gasteiger charge is -2.30. The van der Waals surface area contributed by atoms with Gasteiger partial charge >= 0.3 is 6.09 Å². The van der Waals surface area contributed by atoms with Gasteiger partial charge in [0.05, 0.1) is 11.3 Å². The van der Waals surface area contributed by atoms with Gasteiger partial charge in [-0.05, 0) is 70.7 Å². The third kappa shape index (κ3) is 6.27. The van der Waals surface area contributed by atoms with Crippen LogP contribution in [0.2, 0.25) is 0 Å². The predicted octanol–water partition coefficient (Wildman–Crippen LogP) is 4.45. The second-order valence-electron chi connectivity index (χ2n) is 8.61. The molecule has 1 aliphatic carbocycles. The van der Waals surface area contributed by atoms with Gasteiger partial charge in [-0.2, -0.15) is 0 Å². The number of hydrogen-bond donors (Lipinski definition) is 2. The molecule has 3 rings (SSSR count). The minimum atomic E-state index is -0.520. The summed E-state index contributed by atoms with van der Waals surface area (Å²) < 4.78 is 18.7. The van der Waals surface area contributed by atoms with Crippen LogP contribution >= 0.6 is 0 Å². The fourth-order valence-corrected chi connectivity index (χ4v) is 3.47. The topological polar surface area (TPSA) is 80.3 Å². The quantitative estimate of drug-likeness (QED) is 0.776. The molecule has 160 valence electrons. The summed E-state index contributed by atoms with van der Waals surface area (Å²) >= 11 is 0. The molecule has 0 unspecified atom stereocenters. The van der Waals surface area contributed by atoms with E-state index in [0.717, 1.165) is 25.7 Å². The molecule has 0 spiro atoms. The Hall–Kier alpha value is -2.96. The Kier molecular flexibility index (Phi) is 6.70. The maximum atomic E-state index is 13.4. The van der Waals surface area contributed by atoms with Crippen molar-refractivity contribution in [3.8, 4) is 11.3 Å². The Morgan fingerprint density at radius 3 is 2.27 bits per heavy atom. The van der Waals surface area contributed by atoms with E-state index in [1.54, 1.807) is 24.3 Å². The Morgan fingerprint density at radius 2 is 1.70 bits per heavy atom. The summed E-state index contributed by atoms with van der Waals surface area (Å²) in [5.74, 6) is -0.510. The van der Waals surface area contributed by atoms with Crippen LogP contribution in [0.15, 0.2) is 42.6 Å². The Morgan fingerprint density at radius 1 is 1.03 bits per heavy atom. The van der Waals surface area contributed by atoms with Gasteiger partial charge < -0.3 is 15.4 Å². The normalized spacial score (nSPS) is 19.1. The number of alkyl carbamates (subject to hydrolysis) is 1. The average molecular weight is 413 g/mol. The highest BCUT2D eigenvalue weighted by Gasteiger charge is 2.25. The summed E-state index contributed by atoms with van der Waals surface area (Å²) in [6.07, 6.45) is 4.22. The van der Waals surface area contributed by atoms with Crippen molar-refractivity contribution in [2.24, 2.45) is 0 Å². The minimum Gasteiger partial charge on any atom is -0.444 e. The molecule has 0 saturated heterocycles. The maximum absolute atomic E-state index is 13.4. The van der Waals surface area contributed by atoms with Gasteiger partial charge in [0, 0.05) is 23.8 Å². The summed E-state index contributed by atoms with van der Waals surface area (Å²) in [6.45, 7) is 5.50. The molecule has 1 aromatic carbocycles. The van der Waals surface area contributed by atoms with Crippen LogP contribution in [0.25, 0.3) is 11.3 Å². The molecule has 0 bridgehead atoms. The lowest BCUT2D eigenvalue weighted by Crippen LogP contribution is -2.45. The van der Waals surface area contributed by atoms with Crippen molar-refractivity contribution in [1.29, 1.82) is 0 Å². The third-order valence-electron chi connectivity index (χ3n) is 4.93. The van der Waals surface area contributed by atoms with Gasteiger partial charge in [-0.15, -0.1) is 0 Å². The van der Waals surface area contributed by atoms with Crippen LogP contribution < -0.4 is 10.6 Å². The van der Waals surface area contributed by atoms with E-state index in [2.05, 4.69) is 15.6 Å². The lowest BCUT2D eigenvalue weighted by atomic mass is 9.91. The predicted molar refractivity (Wildman–Crippen MR) is 113 cm³/mol. The molecule has 1 fully saturated rings. The molecule has 1 heterocycles. The van der Waals surface area contributed by atoms with Gasteiger partial charge in [0.1, 0.15) is 11.4 Å². The van der Waals surface area contributed by atoms with Crippen molar-refractivity contribution < 1.29 is 18.7 Å². The van der Waals surface area contributed by atoms with Gasteiger partial charge in [0.15, 0.2) is 0 Å². The number of halogens is 1. The summed E-state index contributed by atoms with van der Waals surface area (Å²) in [6, 6.07) is 9.70. The van der Waals surface area contributed by atoms with E-state index >= 15 is 0 Å². The van der Waals surface area contributed by atoms with Gasteiger partial charge in [-0.1, -0.05) is 12.1 Å². The van der Waals surface area contributed by atoms with Crippen molar-refractivity contribution in [3.05, 3.63) is 54.0 Å². The van der Waals surface area contributed by atoms with Crippen LogP contribution in [0.1, 0.15) is 56.8 Å². The summed E-state index contributed by atoms with van der Waals surface area (Å²) in [7, 11) is 0. The van der Waals surface area contributed by atoms with Crippen LogP contribution in [-0.2, 0) is 4.74 Å². The molecule has 2 N–H and O–H groups in total. The first kappa shape index (κ1) is 21.7. The molecule has 1 saturated carbocycles. The number of rotatable bonds is 4. The van der Waals surface area contributed by atoms with Crippen molar-refractivity contribution >= 4 is 12.0 Å². The number of carbonyl (C=O) groups is 2. The van der Waals surface area contributed by atoms with E-state index in [1.807, 2.05) is 20.8 Å². The molecular weight excluding hydrogens is 385 g/mol. The number of benzene rings is 1. The summed E-state index contributed by atoms with van der Waals surface area (Å²) in [4.78, 5) is 28.7. The number of ether oxygens (including phenoxy) is 1. The van der Waals surface area contributed by atoms with E-state index in [0.29, 0.717) is 16.8 Å². The zero-order valence-electron chi connectivity index (χ0n) is 17.6. The first-order valence-corrected chi connectivity index (χ1v) is 10.2. The fraction of sp³-hybridized carbons (Fsp3) is 0.435. The first-order chi connectivity index (χ1) is 14.2. The minimum absolute atomic E-state index is 0.0529. The van der Waals surface area contributed by atoms with Crippen molar-refractivity contribution in [2.45, 2.75) is 64.1 Å². The smallest absolute Gasteiger partial charge is 0.407 e. The van der Waals surface area contributed by atoms with Gasteiger partial charge in [-0.25, -0.2) is 9.18 Å². The fourth-order valence-electron chi connectivity index (χ4n) is 3.47. The number of pyridine rings is 1. The third-order valence-corrected chi connectivity index (χ3v) is 4.93. The number of nitrogens with zero attached hydrogens (tertiary/aromatic N) is 1. The molecule has 0 aliphatic heterocycles. The Labute approximate surface area is 176 Å². The van der Waals surface area contributed by atoms with Crippen LogP contribution in [0, 0.1) is 5.82 Å². The highest BCUT2D eigenvalue weighted by molar-refractivity contribution is 5.94. The van der Waals surface area contributed by atoms with Gasteiger partial charge in [-0.3, -0.25) is 9.78 Å². The Bertz CT molecular complexity index is 885. The van der Waals surface area contributed by atoms with E-state index in [9.17, 15) is 14.0 Å². The Balaban J connectivity index is 1.48. The SMILES string of the molecule is CC(C)(C)OC(=O)N[C@H]1CC[C@H](NC(=O)c2ccc(-c3cccc(F)c3)nc2)CC1. The summed E-state index contributed by atoms with van der Waals surface area (Å²) in [5, 5.41) is 5.93. The number of nitrogens with one attached hydrogen (secondary N) is 2. The van der Waals surface area contributed by atoms with E-state index in [-0.39, 0.29) is 23.8 Å². The van der Waals surface area contributed by atoms with Gasteiger partial charge in [0.25, 0.3) is 5.91 Å². The standard InChI is InChI=1S/C23H28FN3O3/c1-23(2,3)30-22(29)27-19-10-8-18(9-11-19)26-21(28)16-7-12-20(25-14-16)15-5-4-6-17(24)13-15/h4-7,12-14,18-19H,8-11H2,1-3H3,(H,26,28)(H,27,29)/t18-,19-. The lowest BCUT2D eigenvalue weighted by molar-refractivity contribution is 0.0488. The second-order valence-corrected chi connectivity index (χ2v) is 8.61. The van der Waals surface area contributed by atoms with Crippen LogP contribution in [-0.4, -0.2) is 34.7 Å².